The van der Waals surface area contributed by atoms with Gasteiger partial charge in [-0.1, -0.05) is 133 Å². The first-order valence-corrected chi connectivity index (χ1v) is 18.8. The van der Waals surface area contributed by atoms with Gasteiger partial charge < -0.3 is 13.6 Å². The van der Waals surface area contributed by atoms with Crippen LogP contribution in [-0.4, -0.2) is 24.1 Å². The first-order valence-electron chi connectivity index (χ1n) is 18.8. The van der Waals surface area contributed by atoms with E-state index in [-0.39, 0.29) is 0 Å². The van der Waals surface area contributed by atoms with Gasteiger partial charge in [0.15, 0.2) is 0 Å². The number of hydrogen-bond donors (Lipinski definition) is 0. The summed E-state index contributed by atoms with van der Waals surface area (Å²) in [5.41, 5.74) is 13.3. The van der Waals surface area contributed by atoms with Gasteiger partial charge in [-0.3, -0.25) is 0 Å². The minimum Gasteiger partial charge on any atom is -0.456 e. The van der Waals surface area contributed by atoms with Crippen molar-refractivity contribution in [3.63, 3.8) is 0 Å². The van der Waals surface area contributed by atoms with Crippen LogP contribution in [0.15, 0.2) is 192 Å². The summed E-state index contributed by atoms with van der Waals surface area (Å²) in [7, 11) is 0. The Morgan fingerprint density at radius 2 is 1.00 bits per heavy atom. The van der Waals surface area contributed by atoms with E-state index in [0.29, 0.717) is 0 Å². The summed E-state index contributed by atoms with van der Waals surface area (Å²) in [4.78, 5) is 0. The average Bonchev–Trinajstić information content (AvgIpc) is 4.03. The summed E-state index contributed by atoms with van der Waals surface area (Å²) in [6.45, 7) is 0. The molecule has 56 heavy (non-hydrogen) atoms. The first-order chi connectivity index (χ1) is 27.8. The predicted octanol–water partition coefficient (Wildman–Crippen LogP) is 12.7. The molecule has 6 nitrogen and oxygen atoms in total. The second-order valence-corrected chi connectivity index (χ2v) is 14.3. The zero-order chi connectivity index (χ0) is 36.7. The van der Waals surface area contributed by atoms with E-state index in [2.05, 4.69) is 167 Å². The van der Waals surface area contributed by atoms with Gasteiger partial charge in [-0.2, -0.15) is 0 Å². The number of hydrogen-bond acceptors (Lipinski definition) is 3. The van der Waals surface area contributed by atoms with E-state index in [9.17, 15) is 0 Å². The van der Waals surface area contributed by atoms with E-state index in [1.807, 2.05) is 35.0 Å². The second kappa shape index (κ2) is 11.9. The topological polar surface area (TPSA) is 53.7 Å². The number of fused-ring (bicyclic) bond motifs is 10. The fourth-order valence-electron chi connectivity index (χ4n) is 8.80. The van der Waals surface area contributed by atoms with Crippen molar-refractivity contribution in [1.82, 2.24) is 24.1 Å². The Kier molecular flexibility index (Phi) is 6.53. The van der Waals surface area contributed by atoms with Crippen LogP contribution in [0.3, 0.4) is 0 Å². The molecule has 0 amide bonds. The summed E-state index contributed by atoms with van der Waals surface area (Å²) in [5, 5.41) is 16.6. The second-order valence-electron chi connectivity index (χ2n) is 14.3. The van der Waals surface area contributed by atoms with E-state index in [4.69, 9.17) is 14.7 Å². The standard InChI is InChI=1S/C50H31N5O/c1-3-14-32(15-4-1)49-50(33-16-5-2-6-17-33)55(52-51-49)36-26-27-38-37-20-7-10-23-41(37)54(44(38)31-36)35-19-13-18-34(30-35)53-42-24-11-8-21-39(42)47-43(53)28-29-46-48(47)40-22-9-12-25-45(40)56-46/h1-31H. The van der Waals surface area contributed by atoms with Crippen LogP contribution in [-0.2, 0) is 0 Å². The minimum atomic E-state index is 0.844. The Labute approximate surface area is 320 Å². The zero-order valence-corrected chi connectivity index (χ0v) is 30.0. The molecule has 6 heteroatoms. The highest BCUT2D eigenvalue weighted by atomic mass is 16.3. The Balaban J connectivity index is 1.09. The summed E-state index contributed by atoms with van der Waals surface area (Å²) in [6, 6.07) is 66.2. The Hall–Kier alpha value is -7.70. The fraction of sp³-hybridized carbons (Fsp3) is 0. The van der Waals surface area contributed by atoms with Crippen molar-refractivity contribution >= 4 is 65.6 Å². The van der Waals surface area contributed by atoms with Crippen LogP contribution < -0.4 is 0 Å². The third-order valence-electron chi connectivity index (χ3n) is 11.2. The molecule has 12 rings (SSSR count). The SMILES string of the molecule is c1ccc(-c2nnn(-c3ccc4c5ccccc5n(-c5cccc(-n6c7ccccc7c7c8c(ccc76)oc6ccccc68)c5)c4c3)c2-c2ccccc2)cc1. The van der Waals surface area contributed by atoms with Gasteiger partial charge in [-0.25, -0.2) is 4.68 Å². The number of para-hydroxylation sites is 3. The smallest absolute Gasteiger partial charge is 0.136 e. The molecule has 0 N–H and O–H groups in total. The third-order valence-corrected chi connectivity index (χ3v) is 11.2. The van der Waals surface area contributed by atoms with E-state index in [0.717, 1.165) is 83.6 Å². The maximum atomic E-state index is 6.35. The molecule has 0 bridgehead atoms. The van der Waals surface area contributed by atoms with Crippen LogP contribution in [0.4, 0.5) is 0 Å². The van der Waals surface area contributed by atoms with E-state index in [1.165, 1.54) is 21.5 Å². The quantitative estimate of drug-likeness (QED) is 0.178. The van der Waals surface area contributed by atoms with Gasteiger partial charge in [0.05, 0.1) is 27.8 Å². The molecule has 12 aromatic rings. The van der Waals surface area contributed by atoms with Crippen LogP contribution in [0.2, 0.25) is 0 Å². The molecule has 4 aromatic heterocycles. The first kappa shape index (κ1) is 30.7. The van der Waals surface area contributed by atoms with Gasteiger partial charge in [0.1, 0.15) is 22.6 Å². The van der Waals surface area contributed by atoms with Crippen LogP contribution in [0.25, 0.3) is 105 Å². The number of benzene rings is 8. The molecule has 0 aliphatic carbocycles. The Morgan fingerprint density at radius 1 is 0.375 bits per heavy atom. The van der Waals surface area contributed by atoms with Crippen molar-refractivity contribution in [2.75, 3.05) is 0 Å². The van der Waals surface area contributed by atoms with Crippen molar-refractivity contribution in [3.05, 3.63) is 188 Å². The molecule has 0 atom stereocenters. The maximum absolute atomic E-state index is 6.35. The van der Waals surface area contributed by atoms with Crippen molar-refractivity contribution < 1.29 is 4.42 Å². The number of rotatable bonds is 5. The van der Waals surface area contributed by atoms with Crippen molar-refractivity contribution in [3.8, 4) is 39.6 Å². The molecule has 0 saturated carbocycles. The van der Waals surface area contributed by atoms with Crippen molar-refractivity contribution in [1.29, 1.82) is 0 Å². The highest BCUT2D eigenvalue weighted by Crippen LogP contribution is 2.42. The number of furan rings is 1. The van der Waals surface area contributed by atoms with Gasteiger partial charge >= 0.3 is 0 Å². The lowest BCUT2D eigenvalue weighted by Gasteiger charge is -2.13. The lowest BCUT2D eigenvalue weighted by atomic mass is 10.0. The van der Waals surface area contributed by atoms with E-state index >= 15 is 0 Å². The largest absolute Gasteiger partial charge is 0.456 e. The van der Waals surface area contributed by atoms with Gasteiger partial charge in [0, 0.05) is 54.8 Å². The molecule has 262 valence electrons. The van der Waals surface area contributed by atoms with Crippen molar-refractivity contribution in [2.24, 2.45) is 0 Å². The van der Waals surface area contributed by atoms with Crippen LogP contribution in [0, 0.1) is 0 Å². The fourth-order valence-corrected chi connectivity index (χ4v) is 8.80. The molecule has 0 saturated heterocycles. The molecule has 8 aromatic carbocycles. The third kappa shape index (κ3) is 4.44. The molecule has 0 spiro atoms. The summed E-state index contributed by atoms with van der Waals surface area (Å²) in [6.07, 6.45) is 0. The van der Waals surface area contributed by atoms with E-state index in [1.54, 1.807) is 0 Å². The summed E-state index contributed by atoms with van der Waals surface area (Å²) < 4.78 is 13.1. The lowest BCUT2D eigenvalue weighted by molar-refractivity contribution is 0.669. The molecule has 4 heterocycles. The average molecular weight is 718 g/mol. The molecule has 0 unspecified atom stereocenters. The molecular formula is C50H31N5O. The van der Waals surface area contributed by atoms with Crippen LogP contribution in [0.1, 0.15) is 0 Å². The van der Waals surface area contributed by atoms with Gasteiger partial charge in [0.25, 0.3) is 0 Å². The minimum absolute atomic E-state index is 0.844. The van der Waals surface area contributed by atoms with Gasteiger partial charge in [-0.15, -0.1) is 5.10 Å². The highest BCUT2D eigenvalue weighted by molar-refractivity contribution is 6.27. The van der Waals surface area contributed by atoms with E-state index < -0.39 is 0 Å². The normalized spacial score (nSPS) is 11.9. The Morgan fingerprint density at radius 3 is 1.79 bits per heavy atom. The zero-order valence-electron chi connectivity index (χ0n) is 30.0. The van der Waals surface area contributed by atoms with Gasteiger partial charge in [-0.05, 0) is 60.7 Å². The molecule has 0 radical (unpaired) electrons. The molecule has 0 aliphatic heterocycles. The van der Waals surface area contributed by atoms with Crippen molar-refractivity contribution in [2.45, 2.75) is 0 Å². The molecular weight excluding hydrogens is 687 g/mol. The Bertz CT molecular complexity index is 3480. The van der Waals surface area contributed by atoms with Crippen LogP contribution >= 0.6 is 0 Å². The summed E-state index contributed by atoms with van der Waals surface area (Å²) >= 11 is 0. The molecule has 0 aliphatic rings. The van der Waals surface area contributed by atoms with Gasteiger partial charge in [0.2, 0.25) is 0 Å². The monoisotopic (exact) mass is 717 g/mol. The van der Waals surface area contributed by atoms with Crippen LogP contribution in [0.5, 0.6) is 0 Å². The summed E-state index contributed by atoms with van der Waals surface area (Å²) in [5.74, 6) is 0. The number of nitrogens with zero attached hydrogens (tertiary/aromatic N) is 5. The maximum Gasteiger partial charge on any atom is 0.136 e. The molecule has 0 fully saturated rings. The number of aromatic nitrogens is 5. The predicted molar refractivity (Wildman–Crippen MR) is 228 cm³/mol. The highest BCUT2D eigenvalue weighted by Gasteiger charge is 2.22. The lowest BCUT2D eigenvalue weighted by Crippen LogP contribution is -2.01.